The fourth-order valence-electron chi connectivity index (χ4n) is 2.18. The van der Waals surface area contributed by atoms with Crippen LogP contribution in [-0.4, -0.2) is 17.9 Å². The first kappa shape index (κ1) is 10.7. The van der Waals surface area contributed by atoms with Crippen LogP contribution in [0.25, 0.3) is 0 Å². The number of para-hydroxylation sites is 1. The molecule has 0 spiro atoms. The maximum Gasteiger partial charge on any atom is 0.236 e. The van der Waals surface area contributed by atoms with Crippen LogP contribution < -0.4 is 10.6 Å². The quantitative estimate of drug-likeness (QED) is 0.747. The number of nitrogens with two attached hydrogens (primary N) is 1. The molecule has 4 heteroatoms. The van der Waals surface area contributed by atoms with Gasteiger partial charge in [-0.2, -0.15) is 0 Å². The number of nitrogens with zero attached hydrogens (tertiary/aromatic N) is 1. The molecule has 0 bridgehead atoms. The van der Waals surface area contributed by atoms with E-state index in [4.69, 9.17) is 5.73 Å². The number of carbonyl (C=O) groups is 2. The Bertz CT molecular complexity index is 442. The highest BCUT2D eigenvalue weighted by molar-refractivity contribution is 6.05. The van der Waals surface area contributed by atoms with E-state index in [9.17, 15) is 9.59 Å². The second kappa shape index (κ2) is 3.96. The van der Waals surface area contributed by atoms with E-state index in [0.29, 0.717) is 0 Å². The summed E-state index contributed by atoms with van der Waals surface area (Å²) in [6, 6.07) is 7.85. The van der Waals surface area contributed by atoms with E-state index < -0.39 is 5.91 Å². The van der Waals surface area contributed by atoms with E-state index >= 15 is 0 Å². The Morgan fingerprint density at radius 1 is 1.44 bits per heavy atom. The number of benzene rings is 1. The van der Waals surface area contributed by atoms with Gasteiger partial charge in [-0.05, 0) is 25.0 Å². The molecule has 2 N–H and O–H groups in total. The van der Waals surface area contributed by atoms with Crippen LogP contribution in [0.1, 0.15) is 18.9 Å². The van der Waals surface area contributed by atoms with Gasteiger partial charge in [0, 0.05) is 11.7 Å². The molecule has 1 unspecified atom stereocenters. The highest BCUT2D eigenvalue weighted by Crippen LogP contribution is 2.32. The van der Waals surface area contributed by atoms with Gasteiger partial charge in [0.1, 0.15) is 6.42 Å². The van der Waals surface area contributed by atoms with Gasteiger partial charge in [-0.3, -0.25) is 9.59 Å². The van der Waals surface area contributed by atoms with Gasteiger partial charge in [-0.25, -0.2) is 0 Å². The summed E-state index contributed by atoms with van der Waals surface area (Å²) >= 11 is 0. The van der Waals surface area contributed by atoms with Crippen LogP contribution in [0, 0.1) is 0 Å². The zero-order valence-corrected chi connectivity index (χ0v) is 9.14. The van der Waals surface area contributed by atoms with Crippen molar-refractivity contribution in [3.05, 3.63) is 29.8 Å². The molecule has 0 aliphatic carbocycles. The monoisotopic (exact) mass is 218 g/mol. The molecule has 4 nitrogen and oxygen atoms in total. The number of primary amides is 1. The van der Waals surface area contributed by atoms with E-state index in [1.54, 1.807) is 4.90 Å². The molecule has 1 heterocycles. The van der Waals surface area contributed by atoms with E-state index in [-0.39, 0.29) is 18.4 Å². The van der Waals surface area contributed by atoms with Crippen LogP contribution in [0.2, 0.25) is 0 Å². The predicted octanol–water partition coefficient (Wildman–Crippen LogP) is 0.840. The van der Waals surface area contributed by atoms with Crippen molar-refractivity contribution in [1.29, 1.82) is 0 Å². The van der Waals surface area contributed by atoms with Gasteiger partial charge in [0.25, 0.3) is 0 Å². The molecule has 2 rings (SSSR count). The van der Waals surface area contributed by atoms with Crippen LogP contribution in [0.3, 0.4) is 0 Å². The van der Waals surface area contributed by atoms with Gasteiger partial charge >= 0.3 is 0 Å². The lowest BCUT2D eigenvalue weighted by atomic mass is 10.1. The molecule has 0 aromatic heterocycles. The Hall–Kier alpha value is -1.84. The largest absolute Gasteiger partial charge is 0.369 e. The number of hydrogen-bond donors (Lipinski definition) is 1. The summed E-state index contributed by atoms with van der Waals surface area (Å²) in [6.45, 7) is 1.97. The summed E-state index contributed by atoms with van der Waals surface area (Å²) in [5, 5.41) is 0. The van der Waals surface area contributed by atoms with Crippen molar-refractivity contribution in [1.82, 2.24) is 0 Å². The van der Waals surface area contributed by atoms with Gasteiger partial charge in [0.15, 0.2) is 0 Å². The van der Waals surface area contributed by atoms with Gasteiger partial charge in [-0.15, -0.1) is 0 Å². The summed E-state index contributed by atoms with van der Waals surface area (Å²) in [5.74, 6) is -0.800. The molecule has 1 aromatic rings. The highest BCUT2D eigenvalue weighted by atomic mass is 16.2. The van der Waals surface area contributed by atoms with Gasteiger partial charge in [0.2, 0.25) is 11.8 Å². The third kappa shape index (κ3) is 1.78. The highest BCUT2D eigenvalue weighted by Gasteiger charge is 2.30. The lowest BCUT2D eigenvalue weighted by Gasteiger charge is -2.21. The van der Waals surface area contributed by atoms with Crippen molar-refractivity contribution >= 4 is 17.5 Å². The third-order valence-corrected chi connectivity index (χ3v) is 2.80. The van der Waals surface area contributed by atoms with Gasteiger partial charge in [-0.1, -0.05) is 18.2 Å². The number of amides is 2. The molecule has 0 fully saturated rings. The second-order valence-electron chi connectivity index (χ2n) is 4.09. The summed E-state index contributed by atoms with van der Waals surface area (Å²) in [4.78, 5) is 24.3. The number of carbonyl (C=O) groups excluding carboxylic acids is 2. The van der Waals surface area contributed by atoms with Crippen LogP contribution in [0.15, 0.2) is 24.3 Å². The molecule has 1 aliphatic rings. The predicted molar refractivity (Wildman–Crippen MR) is 60.9 cm³/mol. The first-order chi connectivity index (χ1) is 7.59. The first-order valence-electron chi connectivity index (χ1n) is 5.28. The summed E-state index contributed by atoms with van der Waals surface area (Å²) in [5.41, 5.74) is 7.09. The van der Waals surface area contributed by atoms with Crippen molar-refractivity contribution in [3.63, 3.8) is 0 Å². The van der Waals surface area contributed by atoms with Crippen molar-refractivity contribution in [3.8, 4) is 0 Å². The van der Waals surface area contributed by atoms with Gasteiger partial charge < -0.3 is 10.6 Å². The molecule has 84 valence electrons. The third-order valence-electron chi connectivity index (χ3n) is 2.80. The summed E-state index contributed by atoms with van der Waals surface area (Å²) in [6.07, 6.45) is 0.610. The van der Waals surface area contributed by atoms with Gasteiger partial charge in [0.05, 0.1) is 0 Å². The minimum atomic E-state index is -0.582. The van der Waals surface area contributed by atoms with E-state index in [1.807, 2.05) is 31.2 Å². The second-order valence-corrected chi connectivity index (χ2v) is 4.09. The average molecular weight is 218 g/mol. The smallest absolute Gasteiger partial charge is 0.236 e. The Balaban J connectivity index is 2.28. The fourth-order valence-corrected chi connectivity index (χ4v) is 2.18. The van der Waals surface area contributed by atoms with Crippen molar-refractivity contribution in [2.75, 3.05) is 4.90 Å². The Kier molecular flexibility index (Phi) is 2.64. The fraction of sp³-hybridized carbons (Fsp3) is 0.333. The molecular formula is C12H14N2O2. The lowest BCUT2D eigenvalue weighted by Crippen LogP contribution is -2.37. The first-order valence-corrected chi connectivity index (χ1v) is 5.28. The number of fused-ring (bicyclic) bond motifs is 1. The number of hydrogen-bond acceptors (Lipinski definition) is 2. The molecule has 0 radical (unpaired) electrons. The van der Waals surface area contributed by atoms with Crippen LogP contribution in [0.4, 0.5) is 5.69 Å². The number of anilines is 1. The van der Waals surface area contributed by atoms with Crippen molar-refractivity contribution in [2.24, 2.45) is 5.73 Å². The molecule has 2 amide bonds. The zero-order chi connectivity index (χ0) is 11.7. The molecule has 0 saturated carbocycles. The Morgan fingerprint density at radius 3 is 2.81 bits per heavy atom. The minimum Gasteiger partial charge on any atom is -0.369 e. The molecular weight excluding hydrogens is 204 g/mol. The molecule has 1 aliphatic heterocycles. The SMILES string of the molecule is CC1Cc2ccccc2N1C(=O)CC(N)=O. The molecule has 1 atom stereocenters. The van der Waals surface area contributed by atoms with E-state index in [0.717, 1.165) is 17.7 Å². The van der Waals surface area contributed by atoms with Crippen LogP contribution in [0.5, 0.6) is 0 Å². The topological polar surface area (TPSA) is 63.4 Å². The van der Waals surface area contributed by atoms with Crippen LogP contribution in [-0.2, 0) is 16.0 Å². The molecule has 1 aromatic carbocycles. The number of rotatable bonds is 2. The maximum absolute atomic E-state index is 11.9. The standard InChI is InChI=1S/C12H14N2O2/c1-8-6-9-4-2-3-5-10(9)14(8)12(16)7-11(13)15/h2-5,8H,6-7H2,1H3,(H2,13,15). The Labute approximate surface area is 94.0 Å². The van der Waals surface area contributed by atoms with E-state index in [2.05, 4.69) is 0 Å². The maximum atomic E-state index is 11.9. The summed E-state index contributed by atoms with van der Waals surface area (Å²) < 4.78 is 0. The Morgan fingerprint density at radius 2 is 2.12 bits per heavy atom. The van der Waals surface area contributed by atoms with Crippen molar-refractivity contribution in [2.45, 2.75) is 25.8 Å². The average Bonchev–Trinajstić information content (AvgIpc) is 2.52. The molecule has 16 heavy (non-hydrogen) atoms. The van der Waals surface area contributed by atoms with E-state index in [1.165, 1.54) is 0 Å². The van der Waals surface area contributed by atoms with Crippen molar-refractivity contribution < 1.29 is 9.59 Å². The minimum absolute atomic E-state index is 0.101. The normalized spacial score (nSPS) is 18.3. The molecule has 0 saturated heterocycles. The van der Waals surface area contributed by atoms with Crippen LogP contribution >= 0.6 is 0 Å². The lowest BCUT2D eigenvalue weighted by molar-refractivity contribution is -0.126. The summed E-state index contributed by atoms with van der Waals surface area (Å²) in [7, 11) is 0. The zero-order valence-electron chi connectivity index (χ0n) is 9.14.